The summed E-state index contributed by atoms with van der Waals surface area (Å²) in [6.07, 6.45) is 1.51. The Hall–Kier alpha value is -2.71. The average Bonchev–Trinajstić information content (AvgIpc) is 3.11. The highest BCUT2D eigenvalue weighted by Gasteiger charge is 2.20. The quantitative estimate of drug-likeness (QED) is 0.716. The third-order valence-corrected chi connectivity index (χ3v) is 6.00. The van der Waals surface area contributed by atoms with E-state index in [1.165, 1.54) is 31.4 Å². The summed E-state index contributed by atoms with van der Waals surface area (Å²) in [6, 6.07) is 13.2. The van der Waals surface area contributed by atoms with Gasteiger partial charge in [-0.3, -0.25) is 4.79 Å². The zero-order chi connectivity index (χ0) is 20.1. The van der Waals surface area contributed by atoms with E-state index in [0.717, 1.165) is 24.1 Å². The second-order valence-electron chi connectivity index (χ2n) is 6.58. The van der Waals surface area contributed by atoms with Crippen molar-refractivity contribution in [3.63, 3.8) is 0 Å². The smallest absolute Gasteiger partial charge is 0.337 e. The molecular formula is C20H22N2O5S. The first-order valence-electron chi connectivity index (χ1n) is 8.93. The molecule has 1 aliphatic heterocycles. The molecule has 28 heavy (non-hydrogen) atoms. The number of nitrogens with zero attached hydrogens (tertiary/aromatic N) is 1. The Kier molecular flexibility index (Phi) is 6.11. The lowest BCUT2D eigenvalue weighted by Gasteiger charge is -2.15. The van der Waals surface area contributed by atoms with Gasteiger partial charge in [-0.15, -0.1) is 0 Å². The molecule has 1 fully saturated rings. The first kappa shape index (κ1) is 20.0. The van der Waals surface area contributed by atoms with Crippen LogP contribution in [0.15, 0.2) is 53.4 Å². The van der Waals surface area contributed by atoms with Gasteiger partial charge in [-0.2, -0.15) is 0 Å². The van der Waals surface area contributed by atoms with E-state index in [2.05, 4.69) is 9.46 Å². The van der Waals surface area contributed by atoms with Crippen LogP contribution in [0.4, 0.5) is 0 Å². The molecule has 7 nitrogen and oxygen atoms in total. The van der Waals surface area contributed by atoms with Crippen LogP contribution in [0.25, 0.3) is 0 Å². The van der Waals surface area contributed by atoms with E-state index in [1.54, 1.807) is 0 Å². The molecule has 1 aliphatic rings. The molecule has 148 valence electrons. The molecule has 0 unspecified atom stereocenters. The molecular weight excluding hydrogens is 380 g/mol. The lowest BCUT2D eigenvalue weighted by Crippen LogP contribution is -2.24. The molecule has 2 aromatic rings. The Morgan fingerprint density at radius 2 is 1.86 bits per heavy atom. The molecule has 8 heteroatoms. The number of rotatable bonds is 7. The number of nitrogens with one attached hydrogen (secondary N) is 1. The van der Waals surface area contributed by atoms with Crippen LogP contribution in [0.3, 0.4) is 0 Å². The number of carbonyl (C=O) groups is 2. The van der Waals surface area contributed by atoms with Gasteiger partial charge in [0, 0.05) is 26.1 Å². The zero-order valence-electron chi connectivity index (χ0n) is 15.6. The van der Waals surface area contributed by atoms with Crippen LogP contribution in [0, 0.1) is 0 Å². The molecule has 0 spiro atoms. The summed E-state index contributed by atoms with van der Waals surface area (Å²) in [4.78, 5) is 25.1. The molecule has 0 radical (unpaired) electrons. The highest BCUT2D eigenvalue weighted by Crippen LogP contribution is 2.16. The van der Waals surface area contributed by atoms with Gasteiger partial charge in [-0.1, -0.05) is 30.3 Å². The predicted octanol–water partition coefficient (Wildman–Crippen LogP) is 2.07. The van der Waals surface area contributed by atoms with Crippen LogP contribution in [0.2, 0.25) is 0 Å². The van der Waals surface area contributed by atoms with Gasteiger partial charge >= 0.3 is 5.97 Å². The summed E-state index contributed by atoms with van der Waals surface area (Å²) in [5, 5.41) is 0. The molecule has 1 heterocycles. The molecule has 3 rings (SSSR count). The number of likely N-dealkylation sites (tertiary alicyclic amines) is 1. The molecule has 0 aromatic heterocycles. The van der Waals surface area contributed by atoms with E-state index < -0.39 is 16.0 Å². The van der Waals surface area contributed by atoms with E-state index in [-0.39, 0.29) is 22.9 Å². The van der Waals surface area contributed by atoms with Crippen molar-refractivity contribution in [2.45, 2.75) is 30.8 Å². The molecule has 1 N–H and O–H groups in total. The van der Waals surface area contributed by atoms with Gasteiger partial charge in [0.25, 0.3) is 0 Å². The lowest BCUT2D eigenvalue weighted by atomic mass is 10.1. The van der Waals surface area contributed by atoms with Crippen molar-refractivity contribution in [3.8, 4) is 0 Å². The van der Waals surface area contributed by atoms with Crippen molar-refractivity contribution in [1.82, 2.24) is 9.62 Å². The summed E-state index contributed by atoms with van der Waals surface area (Å²) in [6.45, 7) is 1.48. The van der Waals surface area contributed by atoms with Crippen molar-refractivity contribution in [1.29, 1.82) is 0 Å². The number of carbonyl (C=O) groups excluding carboxylic acids is 2. The van der Waals surface area contributed by atoms with Crippen LogP contribution in [-0.2, 0) is 32.6 Å². The highest BCUT2D eigenvalue weighted by atomic mass is 32.2. The van der Waals surface area contributed by atoms with Crippen LogP contribution in [0.1, 0.15) is 34.3 Å². The number of ether oxygens (including phenoxy) is 1. The van der Waals surface area contributed by atoms with Gasteiger partial charge < -0.3 is 9.64 Å². The second-order valence-corrected chi connectivity index (χ2v) is 8.35. The Bertz CT molecular complexity index is 970. The van der Waals surface area contributed by atoms with Crippen LogP contribution >= 0.6 is 0 Å². The Morgan fingerprint density at radius 1 is 1.14 bits per heavy atom. The summed E-state index contributed by atoms with van der Waals surface area (Å²) in [5.41, 5.74) is 1.98. The largest absolute Gasteiger partial charge is 0.465 e. The molecule has 1 amide bonds. The number of methoxy groups -OCH3 is 1. The van der Waals surface area contributed by atoms with Crippen LogP contribution < -0.4 is 4.72 Å². The van der Waals surface area contributed by atoms with Crippen molar-refractivity contribution >= 4 is 21.9 Å². The third kappa shape index (κ3) is 4.76. The Balaban J connectivity index is 1.63. The fraction of sp³-hybridized carbons (Fsp3) is 0.300. The van der Waals surface area contributed by atoms with Gasteiger partial charge in [0.15, 0.2) is 0 Å². The van der Waals surface area contributed by atoms with Crippen molar-refractivity contribution in [2.24, 2.45) is 0 Å². The summed E-state index contributed by atoms with van der Waals surface area (Å²) in [7, 11) is -2.53. The summed E-state index contributed by atoms with van der Waals surface area (Å²) in [5.74, 6) is -0.421. The van der Waals surface area contributed by atoms with Crippen LogP contribution in [-0.4, -0.2) is 38.8 Å². The van der Waals surface area contributed by atoms with Gasteiger partial charge in [0.2, 0.25) is 15.9 Å². The molecule has 0 atom stereocenters. The monoisotopic (exact) mass is 402 g/mol. The minimum absolute atomic E-state index is 0.000402. The fourth-order valence-electron chi connectivity index (χ4n) is 3.02. The first-order valence-corrected chi connectivity index (χ1v) is 10.4. The number of sulfonamides is 1. The lowest BCUT2D eigenvalue weighted by molar-refractivity contribution is -0.128. The number of amides is 1. The summed E-state index contributed by atoms with van der Waals surface area (Å²) >= 11 is 0. The Labute approximate surface area is 164 Å². The van der Waals surface area contributed by atoms with Gasteiger partial charge in [-0.25, -0.2) is 17.9 Å². The zero-order valence-corrected chi connectivity index (χ0v) is 16.4. The maximum Gasteiger partial charge on any atom is 0.337 e. The predicted molar refractivity (Wildman–Crippen MR) is 103 cm³/mol. The number of esters is 1. The fourth-order valence-corrected chi connectivity index (χ4v) is 4.09. The van der Waals surface area contributed by atoms with Crippen molar-refractivity contribution in [3.05, 3.63) is 65.2 Å². The number of hydrogen-bond acceptors (Lipinski definition) is 5. The topological polar surface area (TPSA) is 92.8 Å². The molecule has 0 saturated carbocycles. The molecule has 0 bridgehead atoms. The van der Waals surface area contributed by atoms with Gasteiger partial charge in [-0.05, 0) is 35.7 Å². The average molecular weight is 402 g/mol. The van der Waals surface area contributed by atoms with E-state index in [4.69, 9.17) is 0 Å². The maximum atomic E-state index is 12.5. The normalized spacial score (nSPS) is 14.3. The molecule has 2 aromatic carbocycles. The van der Waals surface area contributed by atoms with Crippen molar-refractivity contribution in [2.75, 3.05) is 13.7 Å². The maximum absolute atomic E-state index is 12.5. The number of hydrogen-bond donors (Lipinski definition) is 1. The summed E-state index contributed by atoms with van der Waals surface area (Å²) < 4.78 is 32.1. The third-order valence-electron chi connectivity index (χ3n) is 4.60. The minimum Gasteiger partial charge on any atom is -0.465 e. The van der Waals surface area contributed by atoms with E-state index in [0.29, 0.717) is 13.0 Å². The van der Waals surface area contributed by atoms with Gasteiger partial charge in [0.1, 0.15) is 0 Å². The second kappa shape index (κ2) is 8.53. The van der Waals surface area contributed by atoms with E-state index >= 15 is 0 Å². The first-order chi connectivity index (χ1) is 13.4. The minimum atomic E-state index is -3.77. The molecule has 0 aliphatic carbocycles. The van der Waals surface area contributed by atoms with Crippen molar-refractivity contribution < 1.29 is 22.7 Å². The SMILES string of the molecule is COC(=O)c1cccc(S(=O)(=O)NCc2ccc(CN3CCCC3=O)cc2)c1. The highest BCUT2D eigenvalue weighted by molar-refractivity contribution is 7.89. The molecule has 1 saturated heterocycles. The van der Waals surface area contributed by atoms with Crippen LogP contribution in [0.5, 0.6) is 0 Å². The Morgan fingerprint density at radius 3 is 2.50 bits per heavy atom. The van der Waals surface area contributed by atoms with E-state index in [1.807, 2.05) is 29.2 Å². The van der Waals surface area contributed by atoms with Gasteiger partial charge in [0.05, 0.1) is 17.6 Å². The number of benzene rings is 2. The van der Waals surface area contributed by atoms with E-state index in [9.17, 15) is 18.0 Å². The standard InChI is InChI=1S/C20H22N2O5S/c1-27-20(24)17-4-2-5-18(12-17)28(25,26)21-13-15-7-9-16(10-8-15)14-22-11-3-6-19(22)23/h2,4-5,7-10,12,21H,3,6,11,13-14H2,1H3.